The molecular weight excluding hydrogens is 330 g/mol. The van der Waals surface area contributed by atoms with Crippen LogP contribution >= 0.6 is 0 Å². The van der Waals surface area contributed by atoms with E-state index in [9.17, 15) is 9.59 Å². The van der Waals surface area contributed by atoms with Gasteiger partial charge >= 0.3 is 0 Å². The van der Waals surface area contributed by atoms with E-state index < -0.39 is 0 Å². The number of nitrogens with zero attached hydrogens (tertiary/aromatic N) is 2. The smallest absolute Gasteiger partial charge is 0.293 e. The Hall–Kier alpha value is -3.54. The lowest BCUT2D eigenvalue weighted by atomic mass is 10.2. The molecule has 26 heavy (non-hydrogen) atoms. The van der Waals surface area contributed by atoms with E-state index in [-0.39, 0.29) is 11.3 Å². The molecule has 0 spiro atoms. The molecule has 0 saturated carbocycles. The quantitative estimate of drug-likeness (QED) is 0.574. The molecule has 0 aliphatic carbocycles. The number of para-hydroxylation sites is 1. The number of nitrogens with one attached hydrogen (secondary N) is 1. The SMILES string of the molecule is Cc1c2[nH]c(=O)c(Oc3ccc(C=O)cc3)c-2n(-c2ccccc2)n1C. The van der Waals surface area contributed by atoms with Crippen LogP contribution in [0, 0.1) is 6.92 Å². The normalized spacial score (nSPS) is 11.0. The van der Waals surface area contributed by atoms with E-state index in [0.29, 0.717) is 17.0 Å². The van der Waals surface area contributed by atoms with Gasteiger partial charge in [0.15, 0.2) is 0 Å². The van der Waals surface area contributed by atoms with E-state index in [0.717, 1.165) is 23.4 Å². The van der Waals surface area contributed by atoms with Crippen molar-refractivity contribution in [3.63, 3.8) is 0 Å². The van der Waals surface area contributed by atoms with Gasteiger partial charge in [-0.3, -0.25) is 14.3 Å². The molecule has 2 aliphatic heterocycles. The van der Waals surface area contributed by atoms with Crippen molar-refractivity contribution in [1.82, 2.24) is 14.3 Å². The molecule has 0 unspecified atom stereocenters. The predicted octanol–water partition coefficient (Wildman–Crippen LogP) is 3.52. The van der Waals surface area contributed by atoms with Crippen molar-refractivity contribution in [2.75, 3.05) is 0 Å². The van der Waals surface area contributed by atoms with Crippen molar-refractivity contribution in [2.24, 2.45) is 7.05 Å². The van der Waals surface area contributed by atoms with E-state index in [4.69, 9.17) is 4.74 Å². The molecule has 2 aliphatic rings. The van der Waals surface area contributed by atoms with E-state index >= 15 is 0 Å². The molecule has 0 fully saturated rings. The third-order valence-corrected chi connectivity index (χ3v) is 4.49. The Morgan fingerprint density at radius 3 is 2.38 bits per heavy atom. The number of hydrogen-bond acceptors (Lipinski definition) is 3. The van der Waals surface area contributed by atoms with Gasteiger partial charge < -0.3 is 9.72 Å². The summed E-state index contributed by atoms with van der Waals surface area (Å²) < 4.78 is 9.81. The van der Waals surface area contributed by atoms with E-state index in [1.807, 2.05) is 53.7 Å². The number of carbonyl (C=O) groups is 1. The summed E-state index contributed by atoms with van der Waals surface area (Å²) in [4.78, 5) is 26.2. The zero-order valence-corrected chi connectivity index (χ0v) is 14.4. The standard InChI is InChI=1S/C20H17N3O3/c1-13-17-18(23(22(13)2)15-6-4-3-5-7-15)19(20(25)21-17)26-16-10-8-14(12-24)9-11-16/h3-12H,1-2H3,(H,21,25). The van der Waals surface area contributed by atoms with Crippen LogP contribution in [0.1, 0.15) is 16.1 Å². The number of hydrogen-bond donors (Lipinski definition) is 1. The fourth-order valence-corrected chi connectivity index (χ4v) is 3.07. The van der Waals surface area contributed by atoms with Crippen LogP contribution in [-0.4, -0.2) is 20.6 Å². The fraction of sp³-hybridized carbons (Fsp3) is 0.100. The molecule has 0 saturated heterocycles. The Labute approximate surface area is 149 Å². The minimum atomic E-state index is -0.289. The Balaban J connectivity index is 1.89. The maximum atomic E-state index is 12.5. The molecule has 0 radical (unpaired) electrons. The predicted molar refractivity (Wildman–Crippen MR) is 98.6 cm³/mol. The minimum Gasteiger partial charge on any atom is -0.449 e. The maximum Gasteiger partial charge on any atom is 0.293 e. The van der Waals surface area contributed by atoms with Crippen LogP contribution in [0.4, 0.5) is 0 Å². The van der Waals surface area contributed by atoms with E-state index in [2.05, 4.69) is 4.98 Å². The molecule has 6 nitrogen and oxygen atoms in total. The molecule has 2 heterocycles. The lowest BCUT2D eigenvalue weighted by Crippen LogP contribution is -2.10. The summed E-state index contributed by atoms with van der Waals surface area (Å²) in [6.45, 7) is 1.94. The van der Waals surface area contributed by atoms with Gasteiger partial charge in [0, 0.05) is 12.6 Å². The largest absolute Gasteiger partial charge is 0.449 e. The average Bonchev–Trinajstić information content (AvgIpc) is 3.11. The second-order valence-electron chi connectivity index (χ2n) is 6.05. The van der Waals surface area contributed by atoms with Crippen LogP contribution in [-0.2, 0) is 7.05 Å². The second kappa shape index (κ2) is 6.07. The zero-order chi connectivity index (χ0) is 18.3. The van der Waals surface area contributed by atoms with Crippen molar-refractivity contribution < 1.29 is 9.53 Å². The summed E-state index contributed by atoms with van der Waals surface area (Å²) in [5.41, 5.74) is 3.53. The fourth-order valence-electron chi connectivity index (χ4n) is 3.07. The lowest BCUT2D eigenvalue weighted by molar-refractivity contribution is 0.112. The summed E-state index contributed by atoms with van der Waals surface area (Å²) in [5, 5.41) is 0. The monoisotopic (exact) mass is 347 g/mol. The third kappa shape index (κ3) is 2.43. The molecule has 0 bridgehead atoms. The van der Waals surface area contributed by atoms with Gasteiger partial charge in [0.1, 0.15) is 17.7 Å². The van der Waals surface area contributed by atoms with Gasteiger partial charge in [0.05, 0.1) is 17.1 Å². The summed E-state index contributed by atoms with van der Waals surface area (Å²) in [6, 6.07) is 16.4. The number of carbonyl (C=O) groups excluding carboxylic acids is 1. The van der Waals surface area contributed by atoms with Gasteiger partial charge in [-0.1, -0.05) is 18.2 Å². The number of ether oxygens (including phenoxy) is 1. The Kier molecular flexibility index (Phi) is 3.73. The molecule has 2 aromatic carbocycles. The molecular formula is C20H17N3O3. The Morgan fingerprint density at radius 1 is 1.04 bits per heavy atom. The first-order valence-corrected chi connectivity index (χ1v) is 8.19. The van der Waals surface area contributed by atoms with Crippen molar-refractivity contribution >= 4 is 6.29 Å². The molecule has 2 aromatic rings. The van der Waals surface area contributed by atoms with Crippen LogP contribution in [0.5, 0.6) is 11.5 Å². The third-order valence-electron chi connectivity index (χ3n) is 4.49. The number of H-pyrrole nitrogens is 1. The number of aromatic nitrogens is 3. The number of aldehydes is 1. The van der Waals surface area contributed by atoms with Crippen LogP contribution < -0.4 is 10.3 Å². The van der Waals surface area contributed by atoms with Gasteiger partial charge in [-0.2, -0.15) is 0 Å². The molecule has 4 rings (SSSR count). The van der Waals surface area contributed by atoms with Gasteiger partial charge in [-0.15, -0.1) is 0 Å². The second-order valence-corrected chi connectivity index (χ2v) is 6.05. The van der Waals surface area contributed by atoms with Crippen LogP contribution in [0.2, 0.25) is 0 Å². The van der Waals surface area contributed by atoms with Gasteiger partial charge in [0.25, 0.3) is 5.56 Å². The maximum absolute atomic E-state index is 12.5. The Morgan fingerprint density at radius 2 is 1.73 bits per heavy atom. The molecule has 130 valence electrons. The summed E-state index contributed by atoms with van der Waals surface area (Å²) in [5.74, 6) is 0.723. The molecule has 6 heteroatoms. The zero-order valence-electron chi connectivity index (χ0n) is 14.4. The molecule has 0 atom stereocenters. The van der Waals surface area contributed by atoms with Crippen molar-refractivity contribution in [2.45, 2.75) is 6.92 Å². The summed E-state index contributed by atoms with van der Waals surface area (Å²) >= 11 is 0. The summed E-state index contributed by atoms with van der Waals surface area (Å²) in [7, 11) is 1.93. The highest BCUT2D eigenvalue weighted by Crippen LogP contribution is 2.36. The van der Waals surface area contributed by atoms with Crippen molar-refractivity contribution in [3.05, 3.63) is 76.2 Å². The van der Waals surface area contributed by atoms with Gasteiger partial charge in [-0.25, -0.2) is 4.68 Å². The number of benzene rings is 2. The Bertz CT molecular complexity index is 1100. The van der Waals surface area contributed by atoms with Crippen molar-refractivity contribution in [1.29, 1.82) is 0 Å². The highest BCUT2D eigenvalue weighted by atomic mass is 16.5. The number of rotatable bonds is 4. The molecule has 1 N–H and O–H groups in total. The van der Waals surface area contributed by atoms with Crippen LogP contribution in [0.25, 0.3) is 17.1 Å². The van der Waals surface area contributed by atoms with Gasteiger partial charge in [-0.05, 0) is 43.3 Å². The van der Waals surface area contributed by atoms with E-state index in [1.165, 1.54) is 0 Å². The first-order chi connectivity index (χ1) is 12.6. The first kappa shape index (κ1) is 16.0. The lowest BCUT2D eigenvalue weighted by Gasteiger charge is -2.12. The minimum absolute atomic E-state index is 0.228. The summed E-state index contributed by atoms with van der Waals surface area (Å²) in [6.07, 6.45) is 0.765. The first-order valence-electron chi connectivity index (χ1n) is 8.19. The van der Waals surface area contributed by atoms with Gasteiger partial charge in [0.2, 0.25) is 5.75 Å². The topological polar surface area (TPSA) is 69.0 Å². The average molecular weight is 347 g/mol. The van der Waals surface area contributed by atoms with Crippen LogP contribution in [0.15, 0.2) is 59.4 Å². The van der Waals surface area contributed by atoms with Crippen LogP contribution in [0.3, 0.4) is 0 Å². The number of fused-ring (bicyclic) bond motifs is 1. The highest BCUT2D eigenvalue weighted by molar-refractivity contribution is 5.75. The molecule has 0 aromatic heterocycles. The van der Waals surface area contributed by atoms with E-state index in [1.54, 1.807) is 24.3 Å². The highest BCUT2D eigenvalue weighted by Gasteiger charge is 2.27. The van der Waals surface area contributed by atoms with Crippen molar-refractivity contribution in [3.8, 4) is 28.6 Å². The molecule has 0 amide bonds. The number of aromatic amines is 1.